The van der Waals surface area contributed by atoms with Crippen molar-refractivity contribution in [2.45, 2.75) is 174 Å². The maximum Gasteiger partial charge on any atom is 0.285 e. The SMILES string of the molecule is CC[C@H](C)[C@@H]([C@@H](CC(=O)N1CCC[C@H]1[C@H](OC)[C@@H](C)C(=O)N[C@@H](Cc1ccccc1)c1nccs1)OC)N(C)C(=O)[C@@H](NC(=O)[C@H](C(C)C)N(C)CCCCCCCCCCON1C(=O)c2ccccc2C1=O)C(C)C. The summed E-state index contributed by atoms with van der Waals surface area (Å²) in [5.74, 6) is -2.37. The van der Waals surface area contributed by atoms with Crippen LogP contribution < -0.4 is 10.6 Å². The zero-order valence-corrected chi connectivity index (χ0v) is 48.2. The monoisotopic (exact) mass is 1070 g/mol. The van der Waals surface area contributed by atoms with E-state index in [1.165, 1.54) is 11.3 Å². The van der Waals surface area contributed by atoms with Crippen LogP contribution in [0.3, 0.4) is 0 Å². The number of nitrogens with zero attached hydrogens (tertiary/aromatic N) is 5. The second-order valence-electron chi connectivity index (χ2n) is 21.7. The number of carbonyl (C=O) groups is 6. The molecule has 1 saturated heterocycles. The van der Waals surface area contributed by atoms with Gasteiger partial charge in [0.05, 0.1) is 66.4 Å². The molecule has 16 nitrogen and oxygen atoms in total. The largest absolute Gasteiger partial charge is 0.379 e. The summed E-state index contributed by atoms with van der Waals surface area (Å²) in [7, 11) is 6.92. The summed E-state index contributed by atoms with van der Waals surface area (Å²) in [6, 6.07) is 14.4. The van der Waals surface area contributed by atoms with Crippen LogP contribution in [0.15, 0.2) is 66.2 Å². The molecule has 2 N–H and O–H groups in total. The van der Waals surface area contributed by atoms with Crippen molar-refractivity contribution >= 4 is 46.8 Å². The summed E-state index contributed by atoms with van der Waals surface area (Å²) in [4.78, 5) is 98.3. The molecule has 9 atom stereocenters. The fourth-order valence-electron chi connectivity index (χ4n) is 11.2. The van der Waals surface area contributed by atoms with Crippen molar-refractivity contribution in [2.75, 3.05) is 48.0 Å². The normalized spacial score (nSPS) is 17.8. The van der Waals surface area contributed by atoms with Crippen molar-refractivity contribution in [2.24, 2.45) is 23.7 Å². The minimum atomic E-state index is -0.804. The molecule has 1 fully saturated rings. The van der Waals surface area contributed by atoms with Crippen LogP contribution in [0.4, 0.5) is 0 Å². The van der Waals surface area contributed by atoms with Crippen molar-refractivity contribution in [3.8, 4) is 0 Å². The molecule has 0 aliphatic carbocycles. The molecule has 2 aromatic carbocycles. The third-order valence-corrected chi connectivity index (χ3v) is 16.5. The van der Waals surface area contributed by atoms with Gasteiger partial charge in [-0.2, -0.15) is 0 Å². The van der Waals surface area contributed by atoms with Gasteiger partial charge in [-0.3, -0.25) is 38.5 Å². The number of amides is 6. The number of nitrogens with one attached hydrogen (secondary N) is 2. The highest BCUT2D eigenvalue weighted by atomic mass is 32.1. The fraction of sp³-hybridized carbons (Fsp3) is 0.644. The van der Waals surface area contributed by atoms with Gasteiger partial charge in [-0.1, -0.05) is 136 Å². The molecule has 0 unspecified atom stereocenters. The number of ether oxygens (including phenoxy) is 2. The zero-order valence-electron chi connectivity index (χ0n) is 47.3. The van der Waals surface area contributed by atoms with Gasteiger partial charge in [0.1, 0.15) is 11.0 Å². The molecule has 2 aliphatic rings. The van der Waals surface area contributed by atoms with Gasteiger partial charge in [0.25, 0.3) is 11.8 Å². The Kier molecular flexibility index (Phi) is 25.0. The molecule has 76 heavy (non-hydrogen) atoms. The van der Waals surface area contributed by atoms with Gasteiger partial charge in [-0.15, -0.1) is 16.4 Å². The lowest BCUT2D eigenvalue weighted by Gasteiger charge is -2.41. The molecule has 6 amide bonds. The molecule has 3 heterocycles. The number of hydrogen-bond donors (Lipinski definition) is 2. The number of fused-ring (bicyclic) bond motifs is 1. The highest BCUT2D eigenvalue weighted by Crippen LogP contribution is 2.31. The third-order valence-electron chi connectivity index (χ3n) is 15.6. The average molecular weight is 1070 g/mol. The summed E-state index contributed by atoms with van der Waals surface area (Å²) in [6.45, 7) is 15.5. The molecule has 1 aromatic heterocycles. The van der Waals surface area contributed by atoms with Crippen molar-refractivity contribution < 1.29 is 43.1 Å². The number of aromatic nitrogens is 1. The van der Waals surface area contributed by atoms with Gasteiger partial charge in [0, 0.05) is 39.4 Å². The first-order chi connectivity index (χ1) is 36.4. The van der Waals surface area contributed by atoms with E-state index in [0.29, 0.717) is 37.1 Å². The Labute approximate surface area is 457 Å². The van der Waals surface area contributed by atoms with Gasteiger partial charge < -0.3 is 29.9 Å². The Morgan fingerprint density at radius 1 is 0.789 bits per heavy atom. The number of unbranched alkanes of at least 4 members (excludes halogenated alkanes) is 7. The molecule has 3 aromatic rings. The number of carbonyl (C=O) groups excluding carboxylic acids is 6. The quantitative estimate of drug-likeness (QED) is 0.0439. The maximum atomic E-state index is 14.7. The number of imide groups is 1. The van der Waals surface area contributed by atoms with Gasteiger partial charge in [0.2, 0.25) is 23.6 Å². The van der Waals surface area contributed by atoms with Crippen LogP contribution in [-0.2, 0) is 39.9 Å². The molecule has 0 radical (unpaired) electrons. The molecular weight excluding hydrogens is 983 g/mol. The molecule has 0 saturated carbocycles. The topological polar surface area (TPSA) is 180 Å². The summed E-state index contributed by atoms with van der Waals surface area (Å²) in [5, 5.41) is 10.0. The lowest BCUT2D eigenvalue weighted by Crippen LogP contribution is -2.60. The van der Waals surface area contributed by atoms with E-state index in [1.54, 1.807) is 56.6 Å². The number of likely N-dealkylation sites (N-methyl/N-ethyl adjacent to an activating group) is 2. The first kappa shape index (κ1) is 61.8. The summed E-state index contributed by atoms with van der Waals surface area (Å²) in [6.07, 6.45) is 11.3. The van der Waals surface area contributed by atoms with Gasteiger partial charge in [0.15, 0.2) is 0 Å². The highest BCUT2D eigenvalue weighted by Gasteiger charge is 2.44. The number of hydrogen-bond acceptors (Lipinski definition) is 12. The predicted molar refractivity (Wildman–Crippen MR) is 297 cm³/mol. The van der Waals surface area contributed by atoms with Crippen molar-refractivity contribution in [1.82, 2.24) is 35.4 Å². The number of likely N-dealkylation sites (tertiary alicyclic amines) is 1. The first-order valence-electron chi connectivity index (χ1n) is 27.9. The minimum absolute atomic E-state index is 0.00651. The zero-order chi connectivity index (χ0) is 55.5. The van der Waals surface area contributed by atoms with E-state index >= 15 is 0 Å². The highest BCUT2D eigenvalue weighted by molar-refractivity contribution is 7.09. The van der Waals surface area contributed by atoms with E-state index in [0.717, 1.165) is 86.4 Å². The molecule has 0 bridgehead atoms. The van der Waals surface area contributed by atoms with Crippen LogP contribution in [-0.4, -0.2) is 145 Å². The van der Waals surface area contributed by atoms with Crippen molar-refractivity contribution in [1.29, 1.82) is 0 Å². The van der Waals surface area contributed by atoms with Crippen LogP contribution >= 0.6 is 11.3 Å². The average Bonchev–Trinajstić information content (AvgIpc) is 4.18. The molecule has 5 rings (SSSR count). The Bertz CT molecular complexity index is 2270. The van der Waals surface area contributed by atoms with E-state index < -0.39 is 48.1 Å². The Morgan fingerprint density at radius 2 is 1.41 bits per heavy atom. The van der Waals surface area contributed by atoms with E-state index in [-0.39, 0.29) is 59.9 Å². The van der Waals surface area contributed by atoms with E-state index in [9.17, 15) is 28.8 Å². The van der Waals surface area contributed by atoms with E-state index in [2.05, 4.69) is 34.4 Å². The number of methoxy groups -OCH3 is 2. The van der Waals surface area contributed by atoms with Crippen LogP contribution in [0.5, 0.6) is 0 Å². The molecule has 2 aliphatic heterocycles. The van der Waals surface area contributed by atoms with Crippen molar-refractivity contribution in [3.63, 3.8) is 0 Å². The number of rotatable bonds is 33. The van der Waals surface area contributed by atoms with Gasteiger partial charge in [-0.05, 0) is 81.1 Å². The number of thiazole rings is 1. The Balaban J connectivity index is 1.11. The summed E-state index contributed by atoms with van der Waals surface area (Å²) >= 11 is 1.50. The van der Waals surface area contributed by atoms with Crippen LogP contribution in [0.2, 0.25) is 0 Å². The minimum Gasteiger partial charge on any atom is -0.379 e. The second-order valence-corrected chi connectivity index (χ2v) is 22.6. The number of hydroxylamine groups is 2. The lowest BCUT2D eigenvalue weighted by atomic mass is 9.89. The predicted octanol–water partition coefficient (Wildman–Crippen LogP) is 8.91. The smallest absolute Gasteiger partial charge is 0.285 e. The first-order valence-corrected chi connectivity index (χ1v) is 28.8. The van der Waals surface area contributed by atoms with E-state index in [4.69, 9.17) is 14.3 Å². The summed E-state index contributed by atoms with van der Waals surface area (Å²) in [5.41, 5.74) is 1.85. The standard InChI is InChI=1S/C59H89N7O9S/c1-12-41(6)52(48(73-10)38-49(67)65-34-26-31-47(65)53(74-11)42(7)54(68)61-46(56-60-32-36-76-56)37-43-27-20-19-21-28-43)64(9)59(72)50(39(2)3)62-55(69)51(40(4)5)63(8)33-24-17-15-13-14-16-18-25-35-75-66-57(70)44-29-22-23-30-45(44)58(66)71/h19-23,27-30,32,36,39-42,46-48,50-53H,12-18,24-26,31,33-35,37-38H2,1-11H3,(H,61,68)(H,62,69)/t41-,42+,46-,47-,48+,50-,51-,52-,53+/m0/s1. The molecule has 0 spiro atoms. The van der Waals surface area contributed by atoms with Crippen LogP contribution in [0.25, 0.3) is 0 Å². The van der Waals surface area contributed by atoms with Crippen molar-refractivity contribution in [3.05, 3.63) is 87.9 Å². The summed E-state index contributed by atoms with van der Waals surface area (Å²) < 4.78 is 12.2. The van der Waals surface area contributed by atoms with Crippen LogP contribution in [0.1, 0.15) is 163 Å². The third kappa shape index (κ3) is 16.5. The van der Waals surface area contributed by atoms with Gasteiger partial charge >= 0.3 is 0 Å². The van der Waals surface area contributed by atoms with Gasteiger partial charge in [-0.25, -0.2) is 4.98 Å². The second kappa shape index (κ2) is 30.8. The Hall–Kier alpha value is -5.07. The van der Waals surface area contributed by atoms with E-state index in [1.807, 2.05) is 82.3 Å². The number of benzene rings is 2. The maximum absolute atomic E-state index is 14.7. The van der Waals surface area contributed by atoms with Crippen LogP contribution in [0, 0.1) is 23.7 Å². The molecule has 17 heteroatoms. The lowest BCUT2D eigenvalue weighted by molar-refractivity contribution is -0.148. The Morgan fingerprint density at radius 3 is 1.97 bits per heavy atom. The molecular formula is C59H89N7O9S. The molecule has 420 valence electrons. The fourth-order valence-corrected chi connectivity index (χ4v) is 11.8.